The van der Waals surface area contributed by atoms with Crippen LogP contribution in [-0.2, 0) is 6.61 Å². The summed E-state index contributed by atoms with van der Waals surface area (Å²) in [6, 6.07) is 25.5. The van der Waals surface area contributed by atoms with Crippen molar-refractivity contribution in [2.24, 2.45) is 5.92 Å². The van der Waals surface area contributed by atoms with Gasteiger partial charge in [0.05, 0.1) is 12.1 Å². The van der Waals surface area contributed by atoms with Gasteiger partial charge in [-0.05, 0) is 61.1 Å². The smallest absolute Gasteiger partial charge is 0.125 e. The normalized spacial score (nSPS) is 21.9. The summed E-state index contributed by atoms with van der Waals surface area (Å²) in [5, 5.41) is 3.84. The highest BCUT2D eigenvalue weighted by Crippen LogP contribution is 2.51. The van der Waals surface area contributed by atoms with E-state index < -0.39 is 0 Å². The lowest BCUT2D eigenvalue weighted by Crippen LogP contribution is -2.29. The minimum Gasteiger partial charge on any atom is -0.491 e. The van der Waals surface area contributed by atoms with Crippen molar-refractivity contribution >= 4 is 5.69 Å². The van der Waals surface area contributed by atoms with E-state index in [9.17, 15) is 0 Å². The Bertz CT molecular complexity index is 1090. The lowest BCUT2D eigenvalue weighted by Gasteiger charge is -2.38. The maximum atomic E-state index is 6.31. The molecule has 3 aromatic carbocycles. The monoisotopic (exact) mass is 425 g/mol. The van der Waals surface area contributed by atoms with E-state index in [0.29, 0.717) is 18.4 Å². The number of benzene rings is 3. The number of para-hydroxylation sites is 1. The third-order valence-electron chi connectivity index (χ3n) is 6.74. The second-order valence-electron chi connectivity index (χ2n) is 8.87. The second-order valence-corrected chi connectivity index (χ2v) is 8.87. The molecule has 1 N–H and O–H groups in total. The average molecular weight is 426 g/mol. The lowest BCUT2D eigenvalue weighted by atomic mass is 9.77. The fraction of sp³-hybridized carbons (Fsp3) is 0.310. The zero-order valence-corrected chi connectivity index (χ0v) is 18.8. The molecule has 0 saturated heterocycles. The Morgan fingerprint density at radius 2 is 1.78 bits per heavy atom. The molecule has 0 fully saturated rings. The summed E-state index contributed by atoms with van der Waals surface area (Å²) in [6.45, 7) is 4.85. The Hall–Kier alpha value is -3.20. The van der Waals surface area contributed by atoms with Crippen molar-refractivity contribution in [3.05, 3.63) is 102 Å². The first-order valence-corrected chi connectivity index (χ1v) is 11.7. The molecule has 3 heteroatoms. The molecule has 0 bridgehead atoms. The Kier molecular flexibility index (Phi) is 5.89. The Labute approximate surface area is 191 Å². The molecular weight excluding hydrogens is 394 g/mol. The number of allylic oxidation sites excluding steroid dienone is 2. The predicted octanol–water partition coefficient (Wildman–Crippen LogP) is 7.27. The minimum atomic E-state index is 0.204. The number of nitrogens with one attached hydrogen (secondary N) is 1. The van der Waals surface area contributed by atoms with Gasteiger partial charge in [-0.2, -0.15) is 0 Å². The van der Waals surface area contributed by atoms with E-state index in [1.807, 2.05) is 6.07 Å². The predicted molar refractivity (Wildman–Crippen MR) is 130 cm³/mol. The molecule has 0 radical (unpaired) electrons. The van der Waals surface area contributed by atoms with Crippen LogP contribution in [0.2, 0.25) is 0 Å². The highest BCUT2D eigenvalue weighted by Gasteiger charge is 2.39. The fourth-order valence-electron chi connectivity index (χ4n) is 4.87. The van der Waals surface area contributed by atoms with Crippen molar-refractivity contribution in [2.45, 2.75) is 51.4 Å². The van der Waals surface area contributed by atoms with Gasteiger partial charge in [-0.3, -0.25) is 0 Å². The van der Waals surface area contributed by atoms with Gasteiger partial charge in [-0.1, -0.05) is 67.6 Å². The van der Waals surface area contributed by atoms with Gasteiger partial charge in [0.25, 0.3) is 0 Å². The summed E-state index contributed by atoms with van der Waals surface area (Å²) in [7, 11) is 0. The van der Waals surface area contributed by atoms with Crippen LogP contribution in [0.15, 0.2) is 84.9 Å². The van der Waals surface area contributed by atoms with Gasteiger partial charge >= 0.3 is 0 Å². The van der Waals surface area contributed by atoms with Crippen molar-refractivity contribution in [1.82, 2.24) is 0 Å². The van der Waals surface area contributed by atoms with Gasteiger partial charge in [0, 0.05) is 17.2 Å². The van der Waals surface area contributed by atoms with E-state index in [1.165, 1.54) is 22.4 Å². The Balaban J connectivity index is 1.43. The maximum absolute atomic E-state index is 6.31. The first-order chi connectivity index (χ1) is 15.7. The molecule has 32 heavy (non-hydrogen) atoms. The van der Waals surface area contributed by atoms with Gasteiger partial charge in [-0.15, -0.1) is 0 Å². The third-order valence-corrected chi connectivity index (χ3v) is 6.74. The molecule has 0 spiro atoms. The maximum Gasteiger partial charge on any atom is 0.125 e. The molecule has 4 unspecified atom stereocenters. The number of anilines is 1. The molecule has 0 aromatic heterocycles. The van der Waals surface area contributed by atoms with Crippen LogP contribution >= 0.6 is 0 Å². The van der Waals surface area contributed by atoms with Crippen molar-refractivity contribution in [2.75, 3.05) is 5.32 Å². The van der Waals surface area contributed by atoms with Crippen molar-refractivity contribution < 1.29 is 9.47 Å². The van der Waals surface area contributed by atoms with Gasteiger partial charge in [-0.25, -0.2) is 0 Å². The topological polar surface area (TPSA) is 30.5 Å². The van der Waals surface area contributed by atoms with Crippen LogP contribution < -0.4 is 14.8 Å². The molecule has 3 aromatic rings. The fourth-order valence-corrected chi connectivity index (χ4v) is 4.87. The highest BCUT2D eigenvalue weighted by molar-refractivity contribution is 5.62. The highest BCUT2D eigenvalue weighted by atomic mass is 16.5. The second kappa shape index (κ2) is 9.12. The van der Waals surface area contributed by atoms with E-state index in [-0.39, 0.29) is 12.1 Å². The third kappa shape index (κ3) is 4.12. The van der Waals surface area contributed by atoms with Gasteiger partial charge < -0.3 is 14.8 Å². The summed E-state index contributed by atoms with van der Waals surface area (Å²) < 4.78 is 12.4. The van der Waals surface area contributed by atoms with Gasteiger partial charge in [0.2, 0.25) is 0 Å². The number of fused-ring (bicyclic) bond motifs is 3. The van der Waals surface area contributed by atoms with Crippen LogP contribution in [0.3, 0.4) is 0 Å². The number of ether oxygens (including phenoxy) is 2. The van der Waals surface area contributed by atoms with Crippen LogP contribution in [0.25, 0.3) is 0 Å². The first-order valence-electron chi connectivity index (χ1n) is 11.7. The lowest BCUT2D eigenvalue weighted by molar-refractivity contribution is 0.217. The molecule has 0 amide bonds. The quantitative estimate of drug-likeness (QED) is 0.404. The molecule has 1 heterocycles. The molecule has 164 valence electrons. The Morgan fingerprint density at radius 1 is 0.969 bits per heavy atom. The summed E-state index contributed by atoms with van der Waals surface area (Å²) >= 11 is 0. The van der Waals surface area contributed by atoms with E-state index in [4.69, 9.17) is 9.47 Å². The summed E-state index contributed by atoms with van der Waals surface area (Å²) in [6.07, 6.45) is 6.99. The Morgan fingerprint density at radius 3 is 2.62 bits per heavy atom. The van der Waals surface area contributed by atoms with E-state index in [0.717, 1.165) is 24.3 Å². The standard InChI is InChI=1S/C29H31NO2/c1-3-20(2)32-22-16-17-27-26(18-22)23-13-9-14-24(23)29(30-27)25-12-7-8-15-28(25)31-19-21-10-5-4-6-11-21/h4-13,15-18,20,23-24,29-30H,3,14,19H2,1-2H3. The van der Waals surface area contributed by atoms with Crippen LogP contribution in [0.1, 0.15) is 55.3 Å². The summed E-state index contributed by atoms with van der Waals surface area (Å²) in [5.41, 5.74) is 4.94. The van der Waals surface area contributed by atoms with Crippen molar-refractivity contribution in [3.8, 4) is 11.5 Å². The molecule has 1 aliphatic heterocycles. The molecule has 5 rings (SSSR count). The molecule has 0 saturated carbocycles. The zero-order valence-electron chi connectivity index (χ0n) is 18.8. The van der Waals surface area contributed by atoms with E-state index >= 15 is 0 Å². The zero-order chi connectivity index (χ0) is 21.9. The van der Waals surface area contributed by atoms with Gasteiger partial charge in [0.1, 0.15) is 18.1 Å². The van der Waals surface area contributed by atoms with E-state index in [2.05, 4.69) is 98.0 Å². The SMILES string of the molecule is CCC(C)Oc1ccc2c(c1)C1C=CCC1C(c1ccccc1OCc1ccccc1)N2. The largest absolute Gasteiger partial charge is 0.491 e. The average Bonchev–Trinajstić information content (AvgIpc) is 3.34. The van der Waals surface area contributed by atoms with Crippen LogP contribution in [0.5, 0.6) is 11.5 Å². The number of hydrogen-bond donors (Lipinski definition) is 1. The van der Waals surface area contributed by atoms with Crippen LogP contribution in [0, 0.1) is 5.92 Å². The van der Waals surface area contributed by atoms with Crippen molar-refractivity contribution in [3.63, 3.8) is 0 Å². The summed E-state index contributed by atoms with van der Waals surface area (Å²) in [4.78, 5) is 0. The molecular formula is C29H31NO2. The molecule has 2 aliphatic rings. The van der Waals surface area contributed by atoms with Crippen molar-refractivity contribution in [1.29, 1.82) is 0 Å². The molecule has 1 aliphatic carbocycles. The van der Waals surface area contributed by atoms with Crippen LogP contribution in [-0.4, -0.2) is 6.10 Å². The minimum absolute atomic E-state index is 0.204. The summed E-state index contributed by atoms with van der Waals surface area (Å²) in [5.74, 6) is 2.77. The number of hydrogen-bond acceptors (Lipinski definition) is 3. The van der Waals surface area contributed by atoms with Gasteiger partial charge in [0.15, 0.2) is 0 Å². The molecule has 3 nitrogen and oxygen atoms in total. The van der Waals surface area contributed by atoms with Crippen LogP contribution in [0.4, 0.5) is 5.69 Å². The first kappa shape index (κ1) is 20.7. The van der Waals surface area contributed by atoms with E-state index in [1.54, 1.807) is 0 Å². The number of rotatable bonds is 7. The molecule has 4 atom stereocenters.